The van der Waals surface area contributed by atoms with Gasteiger partial charge in [-0.1, -0.05) is 19.9 Å². The number of carbonyl (C=O) groups excluding carboxylic acids is 1. The van der Waals surface area contributed by atoms with E-state index in [2.05, 4.69) is 24.1 Å². The molecule has 0 aliphatic rings. The first kappa shape index (κ1) is 14.1. The minimum atomic E-state index is -0.0846. The van der Waals surface area contributed by atoms with Crippen LogP contribution in [0.25, 0.3) is 0 Å². The highest BCUT2D eigenvalue weighted by molar-refractivity contribution is 5.92. The molecule has 0 fully saturated rings. The number of carbonyl (C=O) groups is 1. The fraction of sp³-hybridized carbons (Fsp3) is 0.333. The zero-order chi connectivity index (χ0) is 14.7. The van der Waals surface area contributed by atoms with Crippen LogP contribution in [0.4, 0.5) is 11.4 Å². The summed E-state index contributed by atoms with van der Waals surface area (Å²) in [7, 11) is 0. The lowest BCUT2D eigenvalue weighted by Gasteiger charge is -2.12. The van der Waals surface area contributed by atoms with Crippen molar-refractivity contribution in [3.8, 4) is 0 Å². The summed E-state index contributed by atoms with van der Waals surface area (Å²) in [6.45, 7) is 6.25. The number of nitrogens with one attached hydrogen (secondary N) is 1. The van der Waals surface area contributed by atoms with E-state index in [1.54, 1.807) is 6.20 Å². The molecule has 0 bridgehead atoms. The van der Waals surface area contributed by atoms with Gasteiger partial charge in [0.2, 0.25) is 5.91 Å². The molecule has 1 aromatic carbocycles. The maximum absolute atomic E-state index is 12.1. The van der Waals surface area contributed by atoms with Gasteiger partial charge in [0.15, 0.2) is 0 Å². The first-order valence-electron chi connectivity index (χ1n) is 6.65. The van der Waals surface area contributed by atoms with E-state index in [4.69, 9.17) is 5.73 Å². The molecule has 0 spiro atoms. The summed E-state index contributed by atoms with van der Waals surface area (Å²) in [5.41, 5.74) is 8.14. The molecule has 20 heavy (non-hydrogen) atoms. The molecule has 3 N–H and O–H groups in total. The van der Waals surface area contributed by atoms with E-state index in [1.165, 1.54) is 0 Å². The average Bonchev–Trinajstić information content (AvgIpc) is 2.83. The molecule has 0 unspecified atom stereocenters. The van der Waals surface area contributed by atoms with Gasteiger partial charge in [0.25, 0.3) is 0 Å². The summed E-state index contributed by atoms with van der Waals surface area (Å²) in [5, 5.41) is 2.89. The first-order valence-corrected chi connectivity index (χ1v) is 6.65. The lowest BCUT2D eigenvalue weighted by Crippen LogP contribution is -2.20. The lowest BCUT2D eigenvalue weighted by molar-refractivity contribution is -0.116. The Morgan fingerprint density at radius 2 is 2.20 bits per heavy atom. The number of anilines is 2. The van der Waals surface area contributed by atoms with Crippen LogP contribution in [0.2, 0.25) is 0 Å². The minimum absolute atomic E-state index is 0.0846. The fourth-order valence-electron chi connectivity index (χ4n) is 2.09. The predicted octanol–water partition coefficient (Wildman–Crippen LogP) is 2.54. The van der Waals surface area contributed by atoms with Crippen LogP contribution in [0.3, 0.4) is 0 Å². The summed E-state index contributed by atoms with van der Waals surface area (Å²) in [5.74, 6) is 1.11. The molecule has 1 aromatic heterocycles. The van der Waals surface area contributed by atoms with Crippen molar-refractivity contribution < 1.29 is 4.79 Å². The van der Waals surface area contributed by atoms with Crippen LogP contribution in [-0.4, -0.2) is 15.5 Å². The second kappa shape index (κ2) is 5.77. The summed E-state index contributed by atoms with van der Waals surface area (Å²) < 4.78 is 1.86. The van der Waals surface area contributed by atoms with Gasteiger partial charge in [-0.3, -0.25) is 4.79 Å². The third-order valence-electron chi connectivity index (χ3n) is 3.23. The van der Waals surface area contributed by atoms with Crippen LogP contribution in [0.1, 0.15) is 31.2 Å². The van der Waals surface area contributed by atoms with Crippen molar-refractivity contribution in [1.29, 1.82) is 0 Å². The molecule has 1 heterocycles. The first-order chi connectivity index (χ1) is 9.49. The van der Waals surface area contributed by atoms with E-state index in [9.17, 15) is 4.79 Å². The van der Waals surface area contributed by atoms with E-state index in [1.807, 2.05) is 35.9 Å². The molecular weight excluding hydrogens is 252 g/mol. The van der Waals surface area contributed by atoms with Crippen LogP contribution in [-0.2, 0) is 11.3 Å². The van der Waals surface area contributed by atoms with Crippen molar-refractivity contribution >= 4 is 17.3 Å². The fourth-order valence-corrected chi connectivity index (χ4v) is 2.09. The number of hydrogen-bond acceptors (Lipinski definition) is 3. The van der Waals surface area contributed by atoms with Crippen LogP contribution >= 0.6 is 0 Å². The zero-order valence-electron chi connectivity index (χ0n) is 12.1. The van der Waals surface area contributed by atoms with Gasteiger partial charge in [0.1, 0.15) is 12.4 Å². The van der Waals surface area contributed by atoms with Crippen molar-refractivity contribution in [2.75, 3.05) is 11.1 Å². The summed E-state index contributed by atoms with van der Waals surface area (Å²) in [6, 6.07) is 5.49. The Morgan fingerprint density at radius 3 is 2.90 bits per heavy atom. The molecule has 2 aromatic rings. The quantitative estimate of drug-likeness (QED) is 0.840. The van der Waals surface area contributed by atoms with E-state index < -0.39 is 0 Å². The molecule has 0 radical (unpaired) electrons. The predicted molar refractivity (Wildman–Crippen MR) is 80.5 cm³/mol. The number of nitrogen functional groups attached to an aromatic ring is 1. The highest BCUT2D eigenvalue weighted by Gasteiger charge is 2.11. The van der Waals surface area contributed by atoms with Crippen LogP contribution in [0.15, 0.2) is 30.6 Å². The Bertz CT molecular complexity index is 616. The van der Waals surface area contributed by atoms with Crippen molar-refractivity contribution in [2.45, 2.75) is 33.2 Å². The molecule has 0 saturated heterocycles. The minimum Gasteiger partial charge on any atom is -0.398 e. The third kappa shape index (κ3) is 2.99. The molecule has 5 nitrogen and oxygen atoms in total. The standard InChI is InChI=1S/C15H20N4O/c1-10(2)15-17-7-8-19(15)9-14(20)18-13-6-4-5-12(16)11(13)3/h4-8,10H,9,16H2,1-3H3,(H,18,20). The Labute approximate surface area is 118 Å². The van der Waals surface area contributed by atoms with Gasteiger partial charge >= 0.3 is 0 Å². The SMILES string of the molecule is Cc1c(N)cccc1NC(=O)Cn1ccnc1C(C)C. The Hall–Kier alpha value is -2.30. The topological polar surface area (TPSA) is 72.9 Å². The second-order valence-corrected chi connectivity index (χ2v) is 5.14. The Morgan fingerprint density at radius 1 is 1.45 bits per heavy atom. The van der Waals surface area contributed by atoms with E-state index in [0.29, 0.717) is 5.69 Å². The van der Waals surface area contributed by atoms with E-state index in [0.717, 1.165) is 17.1 Å². The van der Waals surface area contributed by atoms with Gasteiger partial charge in [-0.15, -0.1) is 0 Å². The molecule has 0 saturated carbocycles. The lowest BCUT2D eigenvalue weighted by atomic mass is 10.1. The highest BCUT2D eigenvalue weighted by atomic mass is 16.1. The van der Waals surface area contributed by atoms with Gasteiger partial charge < -0.3 is 15.6 Å². The number of hydrogen-bond donors (Lipinski definition) is 2. The molecule has 1 amide bonds. The monoisotopic (exact) mass is 272 g/mol. The zero-order valence-corrected chi connectivity index (χ0v) is 12.1. The number of nitrogens with two attached hydrogens (primary N) is 1. The number of aromatic nitrogens is 2. The normalized spacial score (nSPS) is 10.8. The molecule has 0 aliphatic carbocycles. The van der Waals surface area contributed by atoms with Crippen molar-refractivity contribution in [1.82, 2.24) is 9.55 Å². The van der Waals surface area contributed by atoms with Gasteiger partial charge in [-0.2, -0.15) is 0 Å². The number of imidazole rings is 1. The maximum Gasteiger partial charge on any atom is 0.244 e. The number of rotatable bonds is 4. The van der Waals surface area contributed by atoms with Gasteiger partial charge in [0, 0.05) is 29.7 Å². The highest BCUT2D eigenvalue weighted by Crippen LogP contribution is 2.20. The average molecular weight is 272 g/mol. The number of benzene rings is 1. The third-order valence-corrected chi connectivity index (χ3v) is 3.23. The van der Waals surface area contributed by atoms with Gasteiger partial charge in [0.05, 0.1) is 0 Å². The second-order valence-electron chi connectivity index (χ2n) is 5.14. The largest absolute Gasteiger partial charge is 0.398 e. The van der Waals surface area contributed by atoms with Crippen molar-refractivity contribution in [2.24, 2.45) is 0 Å². The molecule has 2 rings (SSSR count). The summed E-state index contributed by atoms with van der Waals surface area (Å²) >= 11 is 0. The summed E-state index contributed by atoms with van der Waals surface area (Å²) in [6.07, 6.45) is 3.54. The van der Waals surface area contributed by atoms with Crippen molar-refractivity contribution in [3.05, 3.63) is 42.0 Å². The molecule has 5 heteroatoms. The molecule has 0 aliphatic heterocycles. The Kier molecular flexibility index (Phi) is 4.08. The van der Waals surface area contributed by atoms with E-state index in [-0.39, 0.29) is 18.4 Å². The maximum atomic E-state index is 12.1. The molecular formula is C15H20N4O. The molecule has 0 atom stereocenters. The summed E-state index contributed by atoms with van der Waals surface area (Å²) in [4.78, 5) is 16.4. The van der Waals surface area contributed by atoms with Crippen LogP contribution in [0, 0.1) is 6.92 Å². The van der Waals surface area contributed by atoms with E-state index >= 15 is 0 Å². The van der Waals surface area contributed by atoms with Crippen LogP contribution in [0.5, 0.6) is 0 Å². The Balaban J connectivity index is 2.09. The number of nitrogens with zero attached hydrogens (tertiary/aromatic N) is 2. The van der Waals surface area contributed by atoms with Crippen LogP contribution < -0.4 is 11.1 Å². The smallest absolute Gasteiger partial charge is 0.244 e. The van der Waals surface area contributed by atoms with Crippen molar-refractivity contribution in [3.63, 3.8) is 0 Å². The van der Waals surface area contributed by atoms with Gasteiger partial charge in [-0.25, -0.2) is 4.98 Å². The molecule has 106 valence electrons. The number of amides is 1. The van der Waals surface area contributed by atoms with Gasteiger partial charge in [-0.05, 0) is 24.6 Å².